The van der Waals surface area contributed by atoms with E-state index >= 15 is 0 Å². The third-order valence-corrected chi connectivity index (χ3v) is 2.54. The van der Waals surface area contributed by atoms with Crippen molar-refractivity contribution < 1.29 is 19.4 Å². The number of benzene rings is 1. The van der Waals surface area contributed by atoms with Gasteiger partial charge in [0.05, 0.1) is 12.6 Å². The van der Waals surface area contributed by atoms with E-state index in [-0.39, 0.29) is 12.7 Å². The van der Waals surface area contributed by atoms with Crippen molar-refractivity contribution in [3.63, 3.8) is 0 Å². The van der Waals surface area contributed by atoms with Crippen molar-refractivity contribution in [3.05, 3.63) is 29.8 Å². The molecule has 2 N–H and O–H groups in total. The van der Waals surface area contributed by atoms with Gasteiger partial charge < -0.3 is 19.9 Å². The molecule has 5 heteroatoms. The van der Waals surface area contributed by atoms with E-state index in [0.717, 1.165) is 5.56 Å². The van der Waals surface area contributed by atoms with Crippen LogP contribution in [0.25, 0.3) is 0 Å². The number of cyclic esters (lactones) is 1. The molecule has 1 unspecified atom stereocenters. The van der Waals surface area contributed by atoms with Crippen molar-refractivity contribution in [2.45, 2.75) is 19.1 Å². The smallest absolute Gasteiger partial charge is 0.407 e. The Morgan fingerprint density at radius 2 is 2.35 bits per heavy atom. The van der Waals surface area contributed by atoms with Gasteiger partial charge >= 0.3 is 6.09 Å². The summed E-state index contributed by atoms with van der Waals surface area (Å²) in [6.45, 7) is 2.41. The topological polar surface area (TPSA) is 67.8 Å². The molecule has 1 aliphatic rings. The second-order valence-corrected chi connectivity index (χ2v) is 3.93. The summed E-state index contributed by atoms with van der Waals surface area (Å²) in [7, 11) is 0. The van der Waals surface area contributed by atoms with E-state index < -0.39 is 12.2 Å². The van der Waals surface area contributed by atoms with Crippen LogP contribution < -0.4 is 10.1 Å². The molecular weight excluding hydrogens is 222 g/mol. The summed E-state index contributed by atoms with van der Waals surface area (Å²) in [5.74, 6) is 0.616. The molecule has 1 aromatic rings. The molecule has 0 aromatic heterocycles. The van der Waals surface area contributed by atoms with Crippen LogP contribution in [0.1, 0.15) is 18.6 Å². The van der Waals surface area contributed by atoms with Gasteiger partial charge in [-0.15, -0.1) is 0 Å². The summed E-state index contributed by atoms with van der Waals surface area (Å²) in [6.07, 6.45) is -1.28. The zero-order chi connectivity index (χ0) is 12.3. The van der Waals surface area contributed by atoms with Gasteiger partial charge in [-0.25, -0.2) is 4.79 Å². The summed E-state index contributed by atoms with van der Waals surface area (Å²) >= 11 is 0. The molecule has 0 bridgehead atoms. The third-order valence-electron chi connectivity index (χ3n) is 2.54. The number of carbonyl (C=O) groups excluding carboxylic acids is 1. The molecule has 2 rings (SSSR count). The zero-order valence-electron chi connectivity index (χ0n) is 9.55. The monoisotopic (exact) mass is 237 g/mol. The van der Waals surface area contributed by atoms with Crippen molar-refractivity contribution in [1.29, 1.82) is 0 Å². The molecule has 2 atom stereocenters. The molecule has 1 amide bonds. The largest absolute Gasteiger partial charge is 0.489 e. The average Bonchev–Trinajstić information content (AvgIpc) is 2.73. The normalized spacial score (nSPS) is 20.6. The standard InChI is InChI=1S/C12H15NO4/c1-8(14)10-4-2-3-5-11(10)16-7-9-6-13-12(15)17-9/h2-5,8-9,14H,6-7H2,1H3,(H,13,15)/t8-,9?/m0/s1. The number of hydrogen-bond acceptors (Lipinski definition) is 4. The van der Waals surface area contributed by atoms with Gasteiger partial charge in [-0.05, 0) is 13.0 Å². The van der Waals surface area contributed by atoms with Gasteiger partial charge in [-0.2, -0.15) is 0 Å². The lowest BCUT2D eigenvalue weighted by molar-refractivity contribution is 0.102. The Bertz CT molecular complexity index is 405. The van der Waals surface area contributed by atoms with Gasteiger partial charge in [0.25, 0.3) is 0 Å². The zero-order valence-corrected chi connectivity index (χ0v) is 9.55. The van der Waals surface area contributed by atoms with Crippen LogP contribution in [0.3, 0.4) is 0 Å². The number of alkyl carbamates (subject to hydrolysis) is 1. The molecule has 5 nitrogen and oxygen atoms in total. The van der Waals surface area contributed by atoms with Gasteiger partial charge in [-0.1, -0.05) is 18.2 Å². The molecule has 92 valence electrons. The Morgan fingerprint density at radius 1 is 1.59 bits per heavy atom. The summed E-state index contributed by atoms with van der Waals surface area (Å²) < 4.78 is 10.5. The van der Waals surface area contributed by atoms with Crippen LogP contribution in [0.4, 0.5) is 4.79 Å². The minimum atomic E-state index is -0.588. The summed E-state index contributed by atoms with van der Waals surface area (Å²) in [5.41, 5.74) is 0.727. The molecule has 0 spiro atoms. The second kappa shape index (κ2) is 5.05. The SMILES string of the molecule is C[C@H](O)c1ccccc1OCC1CNC(=O)O1. The highest BCUT2D eigenvalue weighted by molar-refractivity contribution is 5.69. The first-order valence-corrected chi connectivity index (χ1v) is 5.51. The number of aliphatic hydroxyl groups excluding tert-OH is 1. The first kappa shape index (κ1) is 11.7. The van der Waals surface area contributed by atoms with E-state index in [1.165, 1.54) is 0 Å². The first-order chi connectivity index (χ1) is 8.16. The van der Waals surface area contributed by atoms with E-state index in [1.807, 2.05) is 12.1 Å². The van der Waals surface area contributed by atoms with Crippen LogP contribution in [-0.4, -0.2) is 30.5 Å². The predicted octanol–water partition coefficient (Wildman–Crippen LogP) is 1.23. The molecular formula is C12H15NO4. The summed E-state index contributed by atoms with van der Waals surface area (Å²) in [6, 6.07) is 7.26. The average molecular weight is 237 g/mol. The Hall–Kier alpha value is -1.75. The van der Waals surface area contributed by atoms with Crippen LogP contribution in [0.15, 0.2) is 24.3 Å². The fourth-order valence-corrected chi connectivity index (χ4v) is 1.66. The number of carbonyl (C=O) groups is 1. The Morgan fingerprint density at radius 3 is 3.00 bits per heavy atom. The van der Waals surface area contributed by atoms with E-state index in [1.54, 1.807) is 19.1 Å². The molecule has 1 aliphatic heterocycles. The highest BCUT2D eigenvalue weighted by atomic mass is 16.6. The first-order valence-electron chi connectivity index (χ1n) is 5.51. The Balaban J connectivity index is 1.96. The van der Waals surface area contributed by atoms with Crippen LogP contribution in [0.2, 0.25) is 0 Å². The minimum Gasteiger partial charge on any atom is -0.489 e. The van der Waals surface area contributed by atoms with E-state index in [9.17, 15) is 9.90 Å². The van der Waals surface area contributed by atoms with Crippen LogP contribution in [-0.2, 0) is 4.74 Å². The molecule has 1 aromatic carbocycles. The molecule has 0 aliphatic carbocycles. The maximum Gasteiger partial charge on any atom is 0.407 e. The predicted molar refractivity (Wildman–Crippen MR) is 60.8 cm³/mol. The molecule has 1 fully saturated rings. The van der Waals surface area contributed by atoms with Gasteiger partial charge in [0, 0.05) is 5.56 Å². The van der Waals surface area contributed by atoms with Crippen LogP contribution in [0, 0.1) is 0 Å². The van der Waals surface area contributed by atoms with Crippen LogP contribution in [0.5, 0.6) is 5.75 Å². The number of ether oxygens (including phenoxy) is 2. The Labute approximate surface area is 99.3 Å². The van der Waals surface area contributed by atoms with Gasteiger partial charge in [0.2, 0.25) is 0 Å². The number of aliphatic hydroxyl groups is 1. The van der Waals surface area contributed by atoms with Gasteiger partial charge in [0.1, 0.15) is 12.4 Å². The maximum absolute atomic E-state index is 10.8. The van der Waals surface area contributed by atoms with Crippen molar-refractivity contribution >= 4 is 6.09 Å². The van der Waals surface area contributed by atoms with Gasteiger partial charge in [-0.3, -0.25) is 0 Å². The number of amides is 1. The quantitative estimate of drug-likeness (QED) is 0.826. The molecule has 1 saturated heterocycles. The van der Waals surface area contributed by atoms with Crippen LogP contribution >= 0.6 is 0 Å². The van der Waals surface area contributed by atoms with Crippen molar-refractivity contribution in [3.8, 4) is 5.75 Å². The van der Waals surface area contributed by atoms with Crippen molar-refractivity contribution in [2.24, 2.45) is 0 Å². The summed E-state index contributed by atoms with van der Waals surface area (Å²) in [4.78, 5) is 10.8. The lowest BCUT2D eigenvalue weighted by Gasteiger charge is -2.15. The third kappa shape index (κ3) is 2.88. The van der Waals surface area contributed by atoms with E-state index in [0.29, 0.717) is 12.3 Å². The maximum atomic E-state index is 10.8. The second-order valence-electron chi connectivity index (χ2n) is 3.93. The highest BCUT2D eigenvalue weighted by Crippen LogP contribution is 2.24. The number of nitrogens with one attached hydrogen (secondary N) is 1. The van der Waals surface area contributed by atoms with Crippen molar-refractivity contribution in [1.82, 2.24) is 5.32 Å². The van der Waals surface area contributed by atoms with E-state index in [2.05, 4.69) is 5.32 Å². The minimum absolute atomic E-state index is 0.274. The highest BCUT2D eigenvalue weighted by Gasteiger charge is 2.23. The van der Waals surface area contributed by atoms with E-state index in [4.69, 9.17) is 9.47 Å². The molecule has 1 heterocycles. The number of rotatable bonds is 4. The fourth-order valence-electron chi connectivity index (χ4n) is 1.66. The lowest BCUT2D eigenvalue weighted by atomic mass is 10.1. The molecule has 17 heavy (non-hydrogen) atoms. The fraction of sp³-hybridized carbons (Fsp3) is 0.417. The van der Waals surface area contributed by atoms with Gasteiger partial charge in [0.15, 0.2) is 6.10 Å². The molecule has 0 saturated carbocycles. The molecule has 0 radical (unpaired) electrons. The number of para-hydroxylation sites is 1. The summed E-state index contributed by atoms with van der Waals surface area (Å²) in [5, 5.41) is 12.1. The Kier molecular flexibility index (Phi) is 3.49. The number of hydrogen-bond donors (Lipinski definition) is 2. The van der Waals surface area contributed by atoms with Crippen molar-refractivity contribution in [2.75, 3.05) is 13.2 Å². The lowest BCUT2D eigenvalue weighted by Crippen LogP contribution is -2.22.